The van der Waals surface area contributed by atoms with Gasteiger partial charge in [0.15, 0.2) is 6.61 Å². The summed E-state index contributed by atoms with van der Waals surface area (Å²) in [5.41, 5.74) is 4.57. The highest BCUT2D eigenvalue weighted by Gasteiger charge is 2.22. The summed E-state index contributed by atoms with van der Waals surface area (Å²) < 4.78 is 18.3. The SMILES string of the molecule is CCOC(=O)c1c(C)n(Cc2ccco2)c2ccc(OCC(=O)N/N=C\c3ccc(O)cc3O)cc12. The van der Waals surface area contributed by atoms with E-state index in [0.29, 0.717) is 28.8 Å². The van der Waals surface area contributed by atoms with Crippen LogP contribution in [0.5, 0.6) is 17.2 Å². The van der Waals surface area contributed by atoms with Crippen LogP contribution in [0.3, 0.4) is 0 Å². The Bertz CT molecular complexity index is 1420. The van der Waals surface area contributed by atoms with Gasteiger partial charge in [-0.1, -0.05) is 0 Å². The maximum absolute atomic E-state index is 12.7. The van der Waals surface area contributed by atoms with Crippen LogP contribution in [0.15, 0.2) is 64.3 Å². The fourth-order valence-electron chi connectivity index (χ4n) is 3.77. The third kappa shape index (κ3) is 5.33. The van der Waals surface area contributed by atoms with E-state index in [0.717, 1.165) is 23.0 Å². The number of hydrazone groups is 1. The van der Waals surface area contributed by atoms with Gasteiger partial charge in [-0.25, -0.2) is 10.2 Å². The van der Waals surface area contributed by atoms with Gasteiger partial charge >= 0.3 is 5.97 Å². The summed E-state index contributed by atoms with van der Waals surface area (Å²) in [4.78, 5) is 24.9. The quantitative estimate of drug-likeness (QED) is 0.184. The number of nitrogens with one attached hydrogen (secondary N) is 1. The number of nitrogens with zero attached hydrogens (tertiary/aromatic N) is 2. The number of fused-ring (bicyclic) bond motifs is 1. The lowest BCUT2D eigenvalue weighted by molar-refractivity contribution is -0.123. The van der Waals surface area contributed by atoms with Crippen LogP contribution >= 0.6 is 0 Å². The molecule has 3 N–H and O–H groups in total. The average molecular weight is 492 g/mol. The van der Waals surface area contributed by atoms with Gasteiger partial charge in [-0.3, -0.25) is 4.79 Å². The summed E-state index contributed by atoms with van der Waals surface area (Å²) in [5.74, 6) is -0.107. The lowest BCUT2D eigenvalue weighted by atomic mass is 10.1. The highest BCUT2D eigenvalue weighted by atomic mass is 16.5. The average Bonchev–Trinajstić information content (AvgIpc) is 3.45. The third-order valence-electron chi connectivity index (χ3n) is 5.45. The predicted molar refractivity (Wildman–Crippen MR) is 131 cm³/mol. The van der Waals surface area contributed by atoms with Crippen LogP contribution in [-0.4, -0.2) is 46.1 Å². The van der Waals surface area contributed by atoms with Gasteiger partial charge in [-0.15, -0.1) is 0 Å². The zero-order chi connectivity index (χ0) is 25.7. The Morgan fingerprint density at radius 1 is 1.17 bits per heavy atom. The van der Waals surface area contributed by atoms with Crippen molar-refractivity contribution in [2.24, 2.45) is 5.10 Å². The summed E-state index contributed by atoms with van der Waals surface area (Å²) in [6.07, 6.45) is 2.84. The van der Waals surface area contributed by atoms with Crippen molar-refractivity contribution in [1.29, 1.82) is 0 Å². The van der Waals surface area contributed by atoms with E-state index in [9.17, 15) is 19.8 Å². The van der Waals surface area contributed by atoms with Crippen LogP contribution in [-0.2, 0) is 16.1 Å². The predicted octanol–water partition coefficient (Wildman–Crippen LogP) is 3.71. The van der Waals surface area contributed by atoms with Crippen molar-refractivity contribution in [2.45, 2.75) is 20.4 Å². The molecule has 2 heterocycles. The lowest BCUT2D eigenvalue weighted by Gasteiger charge is -2.08. The zero-order valence-corrected chi connectivity index (χ0v) is 19.7. The number of phenolic OH excluding ortho intramolecular Hbond substituents is 2. The fourth-order valence-corrected chi connectivity index (χ4v) is 3.77. The van der Waals surface area contributed by atoms with Crippen molar-refractivity contribution in [3.8, 4) is 17.2 Å². The molecule has 0 saturated carbocycles. The van der Waals surface area contributed by atoms with Gasteiger partial charge in [0, 0.05) is 28.2 Å². The van der Waals surface area contributed by atoms with Crippen molar-refractivity contribution in [1.82, 2.24) is 9.99 Å². The molecule has 0 unspecified atom stereocenters. The molecule has 0 radical (unpaired) electrons. The highest BCUT2D eigenvalue weighted by Crippen LogP contribution is 2.31. The minimum atomic E-state index is -0.526. The first-order valence-electron chi connectivity index (χ1n) is 11.2. The molecule has 10 nitrogen and oxygen atoms in total. The molecule has 186 valence electrons. The molecule has 1 amide bonds. The van der Waals surface area contributed by atoms with Gasteiger partial charge in [-0.2, -0.15) is 5.10 Å². The molecule has 0 spiro atoms. The second-order valence-electron chi connectivity index (χ2n) is 7.85. The summed E-state index contributed by atoms with van der Waals surface area (Å²) in [6.45, 7) is 3.93. The largest absolute Gasteiger partial charge is 0.508 e. The van der Waals surface area contributed by atoms with Crippen molar-refractivity contribution in [2.75, 3.05) is 13.2 Å². The smallest absolute Gasteiger partial charge is 0.340 e. The minimum Gasteiger partial charge on any atom is -0.508 e. The molecule has 0 atom stereocenters. The molecule has 0 aliphatic carbocycles. The number of carbonyl (C=O) groups excluding carboxylic acids is 2. The normalized spacial score (nSPS) is 11.2. The van der Waals surface area contributed by atoms with Gasteiger partial charge in [0.2, 0.25) is 0 Å². The van der Waals surface area contributed by atoms with E-state index in [1.165, 1.54) is 18.3 Å². The first kappa shape index (κ1) is 24.4. The van der Waals surface area contributed by atoms with E-state index >= 15 is 0 Å². The minimum absolute atomic E-state index is 0.0864. The summed E-state index contributed by atoms with van der Waals surface area (Å²) in [7, 11) is 0. The molecule has 0 fully saturated rings. The number of amides is 1. The van der Waals surface area contributed by atoms with Gasteiger partial charge in [0.05, 0.1) is 31.2 Å². The summed E-state index contributed by atoms with van der Waals surface area (Å²) in [5, 5.41) is 23.5. The van der Waals surface area contributed by atoms with Crippen LogP contribution < -0.4 is 10.2 Å². The molecule has 0 bridgehead atoms. The third-order valence-corrected chi connectivity index (χ3v) is 5.45. The Morgan fingerprint density at radius 3 is 2.72 bits per heavy atom. The zero-order valence-electron chi connectivity index (χ0n) is 19.7. The van der Waals surface area contributed by atoms with Crippen molar-refractivity contribution < 1.29 is 33.7 Å². The van der Waals surface area contributed by atoms with Gasteiger partial charge in [0.25, 0.3) is 5.91 Å². The monoisotopic (exact) mass is 491 g/mol. The molecule has 0 aliphatic rings. The number of hydrogen-bond donors (Lipinski definition) is 3. The number of aromatic hydroxyl groups is 2. The Morgan fingerprint density at radius 2 is 2.00 bits per heavy atom. The number of carbonyl (C=O) groups is 2. The van der Waals surface area contributed by atoms with Crippen LogP contribution in [0.1, 0.15) is 34.3 Å². The maximum atomic E-state index is 12.7. The topological polar surface area (TPSA) is 136 Å². The first-order valence-corrected chi connectivity index (χ1v) is 11.2. The van der Waals surface area contributed by atoms with Crippen molar-refractivity contribution >= 4 is 29.0 Å². The Labute approximate surface area is 206 Å². The van der Waals surface area contributed by atoms with Gasteiger partial charge in [0.1, 0.15) is 23.0 Å². The first-order chi connectivity index (χ1) is 17.4. The van der Waals surface area contributed by atoms with Crippen molar-refractivity contribution in [3.63, 3.8) is 0 Å². The maximum Gasteiger partial charge on any atom is 0.340 e. The standard InChI is InChI=1S/C26H25N3O7/c1-3-34-26(33)25-16(2)29(14-20-5-4-10-35-20)22-9-8-19(12-21(22)25)36-15-24(32)28-27-13-17-6-7-18(30)11-23(17)31/h4-13,30-31H,3,14-15H2,1-2H3,(H,28,32)/b27-13-. The van der Waals surface area contributed by atoms with E-state index < -0.39 is 11.9 Å². The van der Waals surface area contributed by atoms with E-state index in [-0.39, 0.29) is 24.7 Å². The fraction of sp³-hybridized carbons (Fsp3) is 0.192. The van der Waals surface area contributed by atoms with E-state index in [1.807, 2.05) is 23.6 Å². The number of phenols is 2. The molecule has 10 heteroatoms. The number of rotatable bonds is 9. The Hall–Kier alpha value is -4.73. The molecule has 4 rings (SSSR count). The van der Waals surface area contributed by atoms with Crippen LogP contribution in [0.4, 0.5) is 0 Å². The number of furan rings is 1. The highest BCUT2D eigenvalue weighted by molar-refractivity contribution is 6.06. The molecule has 0 aliphatic heterocycles. The van der Waals surface area contributed by atoms with E-state index in [1.54, 1.807) is 31.4 Å². The molecule has 2 aromatic heterocycles. The van der Waals surface area contributed by atoms with Crippen molar-refractivity contribution in [3.05, 3.63) is 77.4 Å². The number of benzene rings is 2. The number of aromatic nitrogens is 1. The molecule has 0 saturated heterocycles. The lowest BCUT2D eigenvalue weighted by Crippen LogP contribution is -2.24. The summed E-state index contributed by atoms with van der Waals surface area (Å²) >= 11 is 0. The molecule has 4 aromatic rings. The molecule has 2 aromatic carbocycles. The van der Waals surface area contributed by atoms with Crippen LogP contribution in [0.2, 0.25) is 0 Å². The number of hydrogen-bond acceptors (Lipinski definition) is 8. The Kier molecular flexibility index (Phi) is 7.24. The second kappa shape index (κ2) is 10.7. The molecular formula is C26H25N3O7. The van der Waals surface area contributed by atoms with E-state index in [4.69, 9.17) is 13.9 Å². The second-order valence-corrected chi connectivity index (χ2v) is 7.85. The van der Waals surface area contributed by atoms with Gasteiger partial charge in [-0.05, 0) is 56.3 Å². The van der Waals surface area contributed by atoms with Crippen LogP contribution in [0, 0.1) is 6.92 Å². The summed E-state index contributed by atoms with van der Waals surface area (Å²) in [6, 6.07) is 12.9. The van der Waals surface area contributed by atoms with Crippen LogP contribution in [0.25, 0.3) is 10.9 Å². The molecular weight excluding hydrogens is 466 g/mol. The Balaban J connectivity index is 1.50. The van der Waals surface area contributed by atoms with Gasteiger partial charge < -0.3 is 28.7 Å². The number of ether oxygens (including phenoxy) is 2. The van der Waals surface area contributed by atoms with E-state index in [2.05, 4.69) is 10.5 Å². The molecule has 36 heavy (non-hydrogen) atoms. The number of esters is 1.